The molecule has 64 valence electrons. The topological polar surface area (TPSA) is 17.1 Å². The van der Waals surface area contributed by atoms with E-state index in [1.54, 1.807) is 0 Å². The van der Waals surface area contributed by atoms with Gasteiger partial charge in [0.1, 0.15) is 5.78 Å². The Morgan fingerprint density at radius 2 is 1.67 bits per heavy atom. The number of rotatable bonds is 0. The molecule has 0 saturated heterocycles. The van der Waals surface area contributed by atoms with E-state index in [2.05, 4.69) is 0 Å². The highest BCUT2D eigenvalue weighted by atomic mass is 16.1. The van der Waals surface area contributed by atoms with Crippen molar-refractivity contribution < 1.29 is 4.79 Å². The summed E-state index contributed by atoms with van der Waals surface area (Å²) in [6, 6.07) is 0. The predicted octanol–water partition coefficient (Wildman–Crippen LogP) is 1.87. The maximum atomic E-state index is 11.9. The molecule has 6 unspecified atom stereocenters. The first kappa shape index (κ1) is 6.17. The van der Waals surface area contributed by atoms with Gasteiger partial charge in [-0.3, -0.25) is 4.79 Å². The van der Waals surface area contributed by atoms with Crippen LogP contribution in [-0.2, 0) is 4.79 Å². The average molecular weight is 162 g/mol. The highest BCUT2D eigenvalue weighted by Gasteiger charge is 2.63. The molecule has 12 heavy (non-hydrogen) atoms. The molecule has 0 aliphatic heterocycles. The first-order chi connectivity index (χ1) is 5.84. The van der Waals surface area contributed by atoms with Gasteiger partial charge >= 0.3 is 0 Å². The minimum Gasteiger partial charge on any atom is -0.299 e. The molecule has 0 radical (unpaired) electrons. The molecule has 6 bridgehead atoms. The molecule has 0 aromatic carbocycles. The normalized spacial score (nSPS) is 65.2. The zero-order chi connectivity index (χ0) is 7.87. The van der Waals surface area contributed by atoms with E-state index in [0.717, 1.165) is 23.7 Å². The third-order valence-corrected chi connectivity index (χ3v) is 5.18. The van der Waals surface area contributed by atoms with Crippen molar-refractivity contribution in [2.75, 3.05) is 0 Å². The SMILES string of the molecule is O=C1C2CC3C4CC2CC(C4)C13. The first-order valence-corrected chi connectivity index (χ1v) is 5.38. The summed E-state index contributed by atoms with van der Waals surface area (Å²) in [5.74, 6) is 5.27. The fourth-order valence-electron chi connectivity index (χ4n) is 4.93. The summed E-state index contributed by atoms with van der Waals surface area (Å²) in [6.45, 7) is 0. The summed E-state index contributed by atoms with van der Waals surface area (Å²) < 4.78 is 0. The molecule has 0 aromatic rings. The van der Waals surface area contributed by atoms with Crippen molar-refractivity contribution in [2.45, 2.75) is 25.7 Å². The van der Waals surface area contributed by atoms with Crippen LogP contribution in [0.15, 0.2) is 0 Å². The lowest BCUT2D eigenvalue weighted by Gasteiger charge is -2.39. The zero-order valence-corrected chi connectivity index (χ0v) is 7.20. The van der Waals surface area contributed by atoms with E-state index < -0.39 is 0 Å². The van der Waals surface area contributed by atoms with Crippen LogP contribution in [0.4, 0.5) is 0 Å². The van der Waals surface area contributed by atoms with Crippen molar-refractivity contribution in [3.8, 4) is 0 Å². The summed E-state index contributed by atoms with van der Waals surface area (Å²) in [5, 5.41) is 0. The monoisotopic (exact) mass is 162 g/mol. The number of hydrogen-bond donors (Lipinski definition) is 0. The summed E-state index contributed by atoms with van der Waals surface area (Å²) in [5.41, 5.74) is 0. The number of Topliss-reactive ketones (excluding diaryl/α,β-unsaturated/α-hetero) is 1. The van der Waals surface area contributed by atoms with Crippen molar-refractivity contribution >= 4 is 5.78 Å². The second-order valence-electron chi connectivity index (χ2n) is 5.42. The lowest BCUT2D eigenvalue weighted by Crippen LogP contribution is -2.36. The van der Waals surface area contributed by atoms with Crippen LogP contribution in [-0.4, -0.2) is 5.78 Å². The van der Waals surface area contributed by atoms with Crippen LogP contribution in [0.3, 0.4) is 0 Å². The predicted molar refractivity (Wildman–Crippen MR) is 44.4 cm³/mol. The first-order valence-electron chi connectivity index (χ1n) is 5.38. The van der Waals surface area contributed by atoms with E-state index in [1.165, 1.54) is 25.7 Å². The summed E-state index contributed by atoms with van der Waals surface area (Å²) in [7, 11) is 0. The van der Waals surface area contributed by atoms with Gasteiger partial charge in [0.2, 0.25) is 0 Å². The fraction of sp³-hybridized carbons (Fsp3) is 0.909. The maximum Gasteiger partial charge on any atom is 0.139 e. The van der Waals surface area contributed by atoms with E-state index in [-0.39, 0.29) is 0 Å². The minimum absolute atomic E-state index is 0.535. The van der Waals surface area contributed by atoms with Crippen LogP contribution in [0.25, 0.3) is 0 Å². The molecule has 6 atom stereocenters. The van der Waals surface area contributed by atoms with Crippen molar-refractivity contribution in [1.29, 1.82) is 0 Å². The highest BCUT2D eigenvalue weighted by molar-refractivity contribution is 5.88. The third kappa shape index (κ3) is 0.462. The van der Waals surface area contributed by atoms with Gasteiger partial charge in [0.15, 0.2) is 0 Å². The molecule has 1 heteroatoms. The summed E-state index contributed by atoms with van der Waals surface area (Å²) in [4.78, 5) is 11.9. The van der Waals surface area contributed by atoms with Gasteiger partial charge < -0.3 is 0 Å². The molecule has 0 heterocycles. The van der Waals surface area contributed by atoms with E-state index >= 15 is 0 Å². The van der Waals surface area contributed by atoms with Crippen molar-refractivity contribution in [3.05, 3.63) is 0 Å². The molecule has 5 saturated carbocycles. The Morgan fingerprint density at radius 1 is 0.917 bits per heavy atom. The summed E-state index contributed by atoms with van der Waals surface area (Å²) in [6.07, 6.45) is 5.52. The lowest BCUT2D eigenvalue weighted by molar-refractivity contribution is -0.130. The zero-order valence-electron chi connectivity index (χ0n) is 7.20. The summed E-state index contributed by atoms with van der Waals surface area (Å²) >= 11 is 0. The van der Waals surface area contributed by atoms with Gasteiger partial charge in [0.05, 0.1) is 0 Å². The average Bonchev–Trinajstić information content (AvgIpc) is 2.44. The quantitative estimate of drug-likeness (QED) is 0.531. The van der Waals surface area contributed by atoms with Gasteiger partial charge in [0, 0.05) is 11.8 Å². The standard InChI is InChI=1S/C11H14O/c12-11-9-4-8-5-1-6(9)3-7(2-5)10(8)11/h5-10H,1-4H2. The molecule has 5 rings (SSSR count). The van der Waals surface area contributed by atoms with E-state index in [1.807, 2.05) is 0 Å². The number of hydrogen-bond acceptors (Lipinski definition) is 1. The molecule has 5 fully saturated rings. The van der Waals surface area contributed by atoms with Gasteiger partial charge in [-0.05, 0) is 49.4 Å². The third-order valence-electron chi connectivity index (χ3n) is 5.18. The van der Waals surface area contributed by atoms with Crippen molar-refractivity contribution in [2.24, 2.45) is 35.5 Å². The smallest absolute Gasteiger partial charge is 0.139 e. The molecule has 5 aliphatic carbocycles. The largest absolute Gasteiger partial charge is 0.299 e. The molecule has 1 nitrogen and oxygen atoms in total. The van der Waals surface area contributed by atoms with Crippen molar-refractivity contribution in [1.82, 2.24) is 0 Å². The molecule has 5 aliphatic rings. The Bertz CT molecular complexity index is 268. The Hall–Kier alpha value is -0.330. The maximum absolute atomic E-state index is 11.9. The molecular formula is C11H14O. The number of ketones is 1. The fourth-order valence-corrected chi connectivity index (χ4v) is 4.93. The highest BCUT2D eigenvalue weighted by Crippen LogP contribution is 2.65. The van der Waals surface area contributed by atoms with Crippen molar-refractivity contribution in [3.63, 3.8) is 0 Å². The Labute approximate surface area is 72.5 Å². The van der Waals surface area contributed by atoms with E-state index in [9.17, 15) is 4.79 Å². The second-order valence-corrected chi connectivity index (χ2v) is 5.42. The van der Waals surface area contributed by atoms with Crippen LogP contribution in [0, 0.1) is 35.5 Å². The van der Waals surface area contributed by atoms with Crippen LogP contribution in [0.2, 0.25) is 0 Å². The van der Waals surface area contributed by atoms with Gasteiger partial charge in [-0.15, -0.1) is 0 Å². The number of carbonyl (C=O) groups is 1. The Kier molecular flexibility index (Phi) is 0.843. The lowest BCUT2D eigenvalue weighted by atomic mass is 9.65. The van der Waals surface area contributed by atoms with E-state index in [4.69, 9.17) is 0 Å². The van der Waals surface area contributed by atoms with Crippen LogP contribution < -0.4 is 0 Å². The molecule has 0 spiro atoms. The number of carbonyl (C=O) groups excluding carboxylic acids is 1. The minimum atomic E-state index is 0.535. The van der Waals surface area contributed by atoms with Crippen LogP contribution >= 0.6 is 0 Å². The van der Waals surface area contributed by atoms with Gasteiger partial charge in [-0.1, -0.05) is 0 Å². The molecule has 0 aromatic heterocycles. The van der Waals surface area contributed by atoms with Gasteiger partial charge in [0.25, 0.3) is 0 Å². The molecule has 0 amide bonds. The van der Waals surface area contributed by atoms with Crippen LogP contribution in [0.1, 0.15) is 25.7 Å². The van der Waals surface area contributed by atoms with Gasteiger partial charge in [-0.2, -0.15) is 0 Å². The Balaban J connectivity index is 1.94. The second kappa shape index (κ2) is 1.64. The van der Waals surface area contributed by atoms with Crippen LogP contribution in [0.5, 0.6) is 0 Å². The molecular weight excluding hydrogens is 148 g/mol. The molecule has 0 N–H and O–H groups in total. The van der Waals surface area contributed by atoms with Gasteiger partial charge in [-0.25, -0.2) is 0 Å². The van der Waals surface area contributed by atoms with E-state index in [0.29, 0.717) is 17.6 Å². The Morgan fingerprint density at radius 3 is 2.58 bits per heavy atom.